The van der Waals surface area contributed by atoms with Crippen LogP contribution in [0.25, 0.3) is 10.6 Å². The summed E-state index contributed by atoms with van der Waals surface area (Å²) in [7, 11) is 1.83. The molecule has 4 rings (SSSR count). The molecular weight excluding hydrogens is 356 g/mol. The fourth-order valence-electron chi connectivity index (χ4n) is 3.35. The topological polar surface area (TPSA) is 42.4 Å². The van der Waals surface area contributed by atoms with Crippen molar-refractivity contribution in [3.05, 3.63) is 70.2 Å². The summed E-state index contributed by atoms with van der Waals surface area (Å²) in [4.78, 5) is 20.5. The third-order valence-corrected chi connectivity index (χ3v) is 6.04. The number of carbonyl (C=O) groups is 1. The highest BCUT2D eigenvalue weighted by Gasteiger charge is 2.25. The highest BCUT2D eigenvalue weighted by atomic mass is 32.1. The molecule has 4 nitrogen and oxygen atoms in total. The van der Waals surface area contributed by atoms with Crippen LogP contribution in [-0.4, -0.2) is 35.5 Å². The molecule has 0 radical (unpaired) electrons. The van der Waals surface area contributed by atoms with Crippen molar-refractivity contribution in [1.29, 1.82) is 0 Å². The van der Waals surface area contributed by atoms with E-state index in [4.69, 9.17) is 4.74 Å². The summed E-state index contributed by atoms with van der Waals surface area (Å²) >= 11 is 1.66. The van der Waals surface area contributed by atoms with Gasteiger partial charge in [-0.25, -0.2) is 4.98 Å². The highest BCUT2D eigenvalue weighted by Crippen LogP contribution is 2.29. The molecule has 0 aliphatic carbocycles. The van der Waals surface area contributed by atoms with Crippen LogP contribution < -0.4 is 4.74 Å². The average molecular weight is 378 g/mol. The van der Waals surface area contributed by atoms with Crippen molar-refractivity contribution < 1.29 is 9.53 Å². The van der Waals surface area contributed by atoms with E-state index in [1.54, 1.807) is 16.2 Å². The van der Waals surface area contributed by atoms with Crippen molar-refractivity contribution in [3.63, 3.8) is 0 Å². The predicted octanol–water partition coefficient (Wildman–Crippen LogP) is 4.50. The molecule has 1 aromatic heterocycles. The molecule has 2 aromatic carbocycles. The molecule has 1 unspecified atom stereocenters. The molecule has 0 saturated carbocycles. The minimum Gasteiger partial charge on any atom is -0.488 e. The largest absolute Gasteiger partial charge is 0.488 e. The summed E-state index contributed by atoms with van der Waals surface area (Å²) in [5.41, 5.74) is 3.91. The van der Waals surface area contributed by atoms with Gasteiger partial charge in [0.1, 0.15) is 16.9 Å². The zero-order chi connectivity index (χ0) is 19.0. The Labute approximate surface area is 163 Å². The van der Waals surface area contributed by atoms with E-state index in [-0.39, 0.29) is 12.0 Å². The lowest BCUT2D eigenvalue weighted by molar-refractivity contribution is 0.0730. The number of aryl methyl sites for hydroxylation is 2. The van der Waals surface area contributed by atoms with Crippen molar-refractivity contribution >= 4 is 17.2 Å². The Hall–Kier alpha value is -2.66. The number of rotatable bonds is 4. The molecule has 1 atom stereocenters. The number of carbonyl (C=O) groups excluding carboxylic acids is 1. The van der Waals surface area contributed by atoms with Crippen molar-refractivity contribution in [1.82, 2.24) is 9.88 Å². The van der Waals surface area contributed by atoms with Gasteiger partial charge in [0.25, 0.3) is 5.91 Å². The standard InChI is InChI=1S/C22H22N2O2S/c1-14-15(2)27-21(23-14)17-8-6-9-18(11-17)22(25)24(3)13-19-12-16-7-4-5-10-20(16)26-19/h4-11,19H,12-13H2,1-3H3. The van der Waals surface area contributed by atoms with E-state index in [2.05, 4.69) is 18.0 Å². The number of likely N-dealkylation sites (N-methyl/N-ethyl adjacent to an activating group) is 1. The molecule has 0 saturated heterocycles. The van der Waals surface area contributed by atoms with E-state index in [0.717, 1.165) is 28.4 Å². The third kappa shape index (κ3) is 3.60. The summed E-state index contributed by atoms with van der Waals surface area (Å²) < 4.78 is 5.97. The Morgan fingerprint density at radius 3 is 2.78 bits per heavy atom. The monoisotopic (exact) mass is 378 g/mol. The Bertz CT molecular complexity index is 951. The molecule has 0 fully saturated rings. The van der Waals surface area contributed by atoms with Crippen LogP contribution in [-0.2, 0) is 6.42 Å². The first-order valence-corrected chi connectivity index (χ1v) is 9.87. The van der Waals surface area contributed by atoms with Crippen molar-refractivity contribution in [3.8, 4) is 16.3 Å². The van der Waals surface area contributed by atoms with Gasteiger partial charge in [-0.05, 0) is 37.6 Å². The average Bonchev–Trinajstić information content (AvgIpc) is 3.23. The second kappa shape index (κ2) is 7.16. The number of benzene rings is 2. The molecule has 1 aliphatic rings. The van der Waals surface area contributed by atoms with Crippen LogP contribution in [0.2, 0.25) is 0 Å². The number of hydrogen-bond acceptors (Lipinski definition) is 4. The minimum atomic E-state index is 0.00130. The fourth-order valence-corrected chi connectivity index (χ4v) is 4.26. The molecule has 0 spiro atoms. The van der Waals surface area contributed by atoms with Crippen LogP contribution in [0.4, 0.5) is 0 Å². The second-order valence-corrected chi connectivity index (χ2v) is 8.18. The summed E-state index contributed by atoms with van der Waals surface area (Å²) in [6.45, 7) is 4.64. The first kappa shape index (κ1) is 17.7. The Kier molecular flexibility index (Phi) is 4.70. The highest BCUT2D eigenvalue weighted by molar-refractivity contribution is 7.15. The molecule has 0 N–H and O–H groups in total. The van der Waals surface area contributed by atoms with Gasteiger partial charge in [0.15, 0.2) is 0 Å². The van der Waals surface area contributed by atoms with Gasteiger partial charge in [0.05, 0.1) is 12.2 Å². The van der Waals surface area contributed by atoms with Crippen molar-refractivity contribution in [2.75, 3.05) is 13.6 Å². The van der Waals surface area contributed by atoms with E-state index in [1.807, 2.05) is 56.4 Å². The molecule has 2 heterocycles. The van der Waals surface area contributed by atoms with E-state index in [0.29, 0.717) is 12.1 Å². The first-order chi connectivity index (χ1) is 13.0. The zero-order valence-corrected chi connectivity index (χ0v) is 16.5. The molecule has 5 heteroatoms. The minimum absolute atomic E-state index is 0.00130. The number of nitrogens with zero attached hydrogens (tertiary/aromatic N) is 2. The van der Waals surface area contributed by atoms with Crippen LogP contribution >= 0.6 is 11.3 Å². The van der Waals surface area contributed by atoms with Crippen molar-refractivity contribution in [2.45, 2.75) is 26.4 Å². The maximum absolute atomic E-state index is 12.9. The number of hydrogen-bond donors (Lipinski definition) is 0. The lowest BCUT2D eigenvalue weighted by atomic mass is 10.1. The molecule has 3 aromatic rings. The van der Waals surface area contributed by atoms with Gasteiger partial charge in [-0.1, -0.05) is 30.3 Å². The zero-order valence-electron chi connectivity index (χ0n) is 15.7. The SMILES string of the molecule is Cc1nc(-c2cccc(C(=O)N(C)CC3Cc4ccccc4O3)c2)sc1C. The predicted molar refractivity (Wildman–Crippen MR) is 109 cm³/mol. The van der Waals surface area contributed by atoms with Crippen LogP contribution in [0.3, 0.4) is 0 Å². The number of para-hydroxylation sites is 1. The van der Waals surface area contributed by atoms with E-state index >= 15 is 0 Å². The molecule has 138 valence electrons. The van der Waals surface area contributed by atoms with Gasteiger partial charge in [-0.3, -0.25) is 4.79 Å². The second-order valence-electron chi connectivity index (χ2n) is 6.98. The smallest absolute Gasteiger partial charge is 0.253 e. The lowest BCUT2D eigenvalue weighted by Gasteiger charge is -2.21. The summed E-state index contributed by atoms with van der Waals surface area (Å²) in [6.07, 6.45) is 0.842. The number of aromatic nitrogens is 1. The fraction of sp³-hybridized carbons (Fsp3) is 0.273. The maximum atomic E-state index is 12.9. The number of amides is 1. The van der Waals surface area contributed by atoms with Gasteiger partial charge in [0.2, 0.25) is 0 Å². The van der Waals surface area contributed by atoms with E-state index < -0.39 is 0 Å². The van der Waals surface area contributed by atoms with Gasteiger partial charge in [-0.2, -0.15) is 0 Å². The molecule has 1 aliphatic heterocycles. The Balaban J connectivity index is 1.47. The van der Waals surface area contributed by atoms with E-state index in [1.165, 1.54) is 10.4 Å². The normalized spacial score (nSPS) is 15.3. The molecule has 0 bridgehead atoms. The van der Waals surface area contributed by atoms with Crippen LogP contribution in [0.5, 0.6) is 5.75 Å². The van der Waals surface area contributed by atoms with Gasteiger partial charge in [-0.15, -0.1) is 11.3 Å². The first-order valence-electron chi connectivity index (χ1n) is 9.06. The summed E-state index contributed by atoms with van der Waals surface area (Å²) in [6, 6.07) is 15.8. The Morgan fingerprint density at radius 2 is 2.04 bits per heavy atom. The summed E-state index contributed by atoms with van der Waals surface area (Å²) in [5, 5.41) is 0.955. The maximum Gasteiger partial charge on any atom is 0.253 e. The number of fused-ring (bicyclic) bond motifs is 1. The van der Waals surface area contributed by atoms with Crippen LogP contribution in [0.15, 0.2) is 48.5 Å². The van der Waals surface area contributed by atoms with Crippen LogP contribution in [0.1, 0.15) is 26.5 Å². The third-order valence-electron chi connectivity index (χ3n) is 4.92. The van der Waals surface area contributed by atoms with Crippen LogP contribution in [0, 0.1) is 13.8 Å². The van der Waals surface area contributed by atoms with Crippen molar-refractivity contribution in [2.24, 2.45) is 0 Å². The van der Waals surface area contributed by atoms with E-state index in [9.17, 15) is 4.79 Å². The Morgan fingerprint density at radius 1 is 1.22 bits per heavy atom. The molecule has 27 heavy (non-hydrogen) atoms. The van der Waals surface area contributed by atoms with Gasteiger partial charge in [0, 0.05) is 29.5 Å². The van der Waals surface area contributed by atoms with Gasteiger partial charge < -0.3 is 9.64 Å². The van der Waals surface area contributed by atoms with Gasteiger partial charge >= 0.3 is 0 Å². The summed E-state index contributed by atoms with van der Waals surface area (Å²) in [5.74, 6) is 0.932. The molecule has 1 amide bonds. The number of thiazole rings is 1. The lowest BCUT2D eigenvalue weighted by Crippen LogP contribution is -2.36. The molecular formula is C22H22N2O2S. The number of ether oxygens (including phenoxy) is 1. The quantitative estimate of drug-likeness (QED) is 0.671.